The Kier molecular flexibility index (Phi) is 6.06. The Morgan fingerprint density at radius 2 is 1.76 bits per heavy atom. The molecule has 0 bridgehead atoms. The summed E-state index contributed by atoms with van der Waals surface area (Å²) in [5.74, 6) is -0.729. The third-order valence-corrected chi connectivity index (χ3v) is 9.99. The van der Waals surface area contributed by atoms with Crippen LogP contribution in [0.5, 0.6) is 0 Å². The van der Waals surface area contributed by atoms with E-state index in [1.807, 2.05) is 39.0 Å². The molecule has 0 aromatic heterocycles. The van der Waals surface area contributed by atoms with Crippen molar-refractivity contribution in [2.24, 2.45) is 5.41 Å². The second-order valence-electron chi connectivity index (χ2n) is 12.4. The first-order chi connectivity index (χ1) is 19.7. The van der Waals surface area contributed by atoms with Gasteiger partial charge in [0.15, 0.2) is 0 Å². The summed E-state index contributed by atoms with van der Waals surface area (Å²) in [4.78, 5) is 71.6. The first kappa shape index (κ1) is 26.0. The molecule has 7 rings (SSSR count). The summed E-state index contributed by atoms with van der Waals surface area (Å²) >= 11 is 0. The number of likely N-dealkylation sites (tertiary alicyclic amines) is 1. The fourth-order valence-electron chi connectivity index (χ4n) is 7.42. The molecule has 3 saturated heterocycles. The lowest BCUT2D eigenvalue weighted by Gasteiger charge is -2.44. The molecule has 2 aromatic rings. The number of piperidine rings is 2. The molecule has 4 fully saturated rings. The molecule has 41 heavy (non-hydrogen) atoms. The molecule has 10 heteroatoms. The van der Waals surface area contributed by atoms with E-state index in [2.05, 4.69) is 12.2 Å². The highest BCUT2D eigenvalue weighted by molar-refractivity contribution is 6.27. The Hall–Kier alpha value is -3.95. The van der Waals surface area contributed by atoms with Crippen molar-refractivity contribution < 1.29 is 24.0 Å². The molecule has 5 aliphatic rings. The fraction of sp³-hybridized carbons (Fsp3) is 0.516. The normalized spacial score (nSPS) is 24.4. The summed E-state index contributed by atoms with van der Waals surface area (Å²) in [7, 11) is 0. The Morgan fingerprint density at radius 1 is 0.976 bits per heavy atom. The molecule has 10 nitrogen and oxygen atoms in total. The minimum atomic E-state index is -0.728. The number of hydrogen-bond acceptors (Lipinski definition) is 5. The van der Waals surface area contributed by atoms with E-state index in [-0.39, 0.29) is 48.1 Å². The van der Waals surface area contributed by atoms with E-state index in [0.717, 1.165) is 48.4 Å². The van der Waals surface area contributed by atoms with Crippen molar-refractivity contribution in [2.75, 3.05) is 31.1 Å². The van der Waals surface area contributed by atoms with E-state index in [1.54, 1.807) is 6.07 Å². The molecule has 1 N–H and O–H groups in total. The lowest BCUT2D eigenvalue weighted by Crippen LogP contribution is -2.53. The number of urea groups is 1. The first-order valence-electron chi connectivity index (χ1n) is 14.8. The van der Waals surface area contributed by atoms with Gasteiger partial charge in [-0.1, -0.05) is 31.5 Å². The van der Waals surface area contributed by atoms with Crippen LogP contribution in [-0.2, 0) is 20.9 Å². The maximum atomic E-state index is 13.5. The van der Waals surface area contributed by atoms with Crippen LogP contribution >= 0.6 is 0 Å². The zero-order valence-electron chi connectivity index (χ0n) is 23.4. The van der Waals surface area contributed by atoms with Crippen molar-refractivity contribution in [3.8, 4) is 0 Å². The second kappa shape index (κ2) is 9.56. The zero-order valence-corrected chi connectivity index (χ0v) is 23.4. The Morgan fingerprint density at radius 3 is 2.46 bits per heavy atom. The molecule has 4 aliphatic heterocycles. The van der Waals surface area contributed by atoms with E-state index in [1.165, 1.54) is 4.90 Å². The monoisotopic (exact) mass is 557 g/mol. The van der Waals surface area contributed by atoms with Gasteiger partial charge in [0.25, 0.3) is 5.91 Å². The first-order valence-corrected chi connectivity index (χ1v) is 14.8. The number of amides is 6. The molecular weight excluding hydrogens is 522 g/mol. The molecule has 2 aromatic carbocycles. The summed E-state index contributed by atoms with van der Waals surface area (Å²) in [5, 5.41) is 4.05. The number of nitrogens with one attached hydrogen (secondary N) is 1. The Bertz CT molecular complexity index is 1490. The van der Waals surface area contributed by atoms with Gasteiger partial charge in [-0.2, -0.15) is 0 Å². The molecule has 0 radical (unpaired) electrons. The van der Waals surface area contributed by atoms with Crippen molar-refractivity contribution in [2.45, 2.75) is 70.5 Å². The van der Waals surface area contributed by atoms with E-state index in [4.69, 9.17) is 0 Å². The molecule has 6 amide bonds. The van der Waals surface area contributed by atoms with Gasteiger partial charge in [0.05, 0.1) is 5.69 Å². The number of imide groups is 1. The Labute approximate surface area is 238 Å². The number of hydrogen-bond donors (Lipinski definition) is 1. The topological polar surface area (TPSA) is 110 Å². The van der Waals surface area contributed by atoms with Crippen molar-refractivity contribution in [1.29, 1.82) is 0 Å². The smallest absolute Gasteiger partial charge is 0.320 e. The number of carbonyl (C=O) groups excluding carboxylic acids is 5. The van der Waals surface area contributed by atoms with Gasteiger partial charge >= 0.3 is 6.03 Å². The minimum absolute atomic E-state index is 0.0187. The second-order valence-corrected chi connectivity index (χ2v) is 12.4. The number of anilines is 1. The van der Waals surface area contributed by atoms with Gasteiger partial charge in [-0.3, -0.25) is 29.4 Å². The van der Waals surface area contributed by atoms with Gasteiger partial charge in [-0.25, -0.2) is 4.79 Å². The third-order valence-electron chi connectivity index (χ3n) is 9.99. The standard InChI is InChI=1S/C31H35N5O5/c1-31(12-3-13-31)29(40)33-14-10-20(11-15-33)35-17-16-34(30(35)41)18-19-6-7-23-26-21(19)4-2-5-22(26)28(39)36(23)24-8-9-25(37)32-27(24)38/h2,4-7,20,24H,3,8-18H2,1H3,(H,32,37,38). The van der Waals surface area contributed by atoms with Crippen molar-refractivity contribution >= 4 is 46.1 Å². The lowest BCUT2D eigenvalue weighted by molar-refractivity contribution is -0.147. The molecule has 1 atom stereocenters. The van der Waals surface area contributed by atoms with Crippen LogP contribution in [0.2, 0.25) is 0 Å². The van der Waals surface area contributed by atoms with Gasteiger partial charge in [0.1, 0.15) is 6.04 Å². The van der Waals surface area contributed by atoms with E-state index in [9.17, 15) is 24.0 Å². The summed E-state index contributed by atoms with van der Waals surface area (Å²) in [6, 6.07) is 8.82. The molecule has 214 valence electrons. The van der Waals surface area contributed by atoms with Crippen molar-refractivity contribution in [1.82, 2.24) is 20.0 Å². The largest absolute Gasteiger partial charge is 0.342 e. The van der Waals surface area contributed by atoms with Gasteiger partial charge in [0.2, 0.25) is 17.7 Å². The number of benzene rings is 2. The van der Waals surface area contributed by atoms with Gasteiger partial charge < -0.3 is 14.7 Å². The average molecular weight is 558 g/mol. The van der Waals surface area contributed by atoms with Crippen LogP contribution in [0.1, 0.15) is 67.8 Å². The molecule has 1 aliphatic carbocycles. The molecule has 4 heterocycles. The predicted molar refractivity (Wildman–Crippen MR) is 151 cm³/mol. The molecule has 0 spiro atoms. The predicted octanol–water partition coefficient (Wildman–Crippen LogP) is 3.02. The van der Waals surface area contributed by atoms with Gasteiger partial charge in [-0.15, -0.1) is 0 Å². The van der Waals surface area contributed by atoms with E-state index in [0.29, 0.717) is 44.0 Å². The van der Waals surface area contributed by atoms with Crippen LogP contribution in [-0.4, -0.2) is 82.6 Å². The van der Waals surface area contributed by atoms with Crippen molar-refractivity contribution in [3.05, 3.63) is 41.5 Å². The summed E-state index contributed by atoms with van der Waals surface area (Å²) in [6.07, 6.45) is 5.18. The number of nitrogens with zero attached hydrogens (tertiary/aromatic N) is 4. The highest BCUT2D eigenvalue weighted by atomic mass is 16.2. The SMILES string of the molecule is CC1(C(=O)N2CCC(N3CCN(Cc4ccc5c6c(cccc46)C(=O)N5C4CCC(=O)NC4=O)C3=O)CC2)CCC1. The molecule has 1 unspecified atom stereocenters. The quantitative estimate of drug-likeness (QED) is 0.569. The van der Waals surface area contributed by atoms with Crippen LogP contribution in [0.25, 0.3) is 10.8 Å². The molecule has 1 saturated carbocycles. The van der Waals surface area contributed by atoms with Crippen LogP contribution in [0.3, 0.4) is 0 Å². The Balaban J connectivity index is 1.06. The molecular formula is C31H35N5O5. The van der Waals surface area contributed by atoms with Gasteiger partial charge in [0, 0.05) is 61.6 Å². The van der Waals surface area contributed by atoms with Crippen molar-refractivity contribution in [3.63, 3.8) is 0 Å². The lowest BCUT2D eigenvalue weighted by atomic mass is 9.69. The average Bonchev–Trinajstić information content (AvgIpc) is 3.46. The summed E-state index contributed by atoms with van der Waals surface area (Å²) < 4.78 is 0. The number of carbonyl (C=O) groups is 5. The maximum absolute atomic E-state index is 13.5. The van der Waals surface area contributed by atoms with E-state index >= 15 is 0 Å². The highest BCUT2D eigenvalue weighted by Crippen LogP contribution is 2.43. The van der Waals surface area contributed by atoms with E-state index < -0.39 is 11.9 Å². The van der Waals surface area contributed by atoms with Crippen LogP contribution < -0.4 is 10.2 Å². The highest BCUT2D eigenvalue weighted by Gasteiger charge is 2.44. The van der Waals surface area contributed by atoms with Crippen LogP contribution in [0.15, 0.2) is 30.3 Å². The zero-order chi connectivity index (χ0) is 28.5. The van der Waals surface area contributed by atoms with Crippen LogP contribution in [0.4, 0.5) is 10.5 Å². The summed E-state index contributed by atoms with van der Waals surface area (Å²) in [5.41, 5.74) is 1.98. The van der Waals surface area contributed by atoms with Crippen LogP contribution in [0, 0.1) is 5.41 Å². The minimum Gasteiger partial charge on any atom is -0.342 e. The fourth-order valence-corrected chi connectivity index (χ4v) is 7.42. The van der Waals surface area contributed by atoms with Gasteiger partial charge in [-0.05, 0) is 55.2 Å². The number of rotatable bonds is 5. The third kappa shape index (κ3) is 4.09. The maximum Gasteiger partial charge on any atom is 0.320 e. The summed E-state index contributed by atoms with van der Waals surface area (Å²) in [6.45, 7) is 5.20.